The molecular formula is C14H23NO3S. The maximum absolute atomic E-state index is 11.1. The van der Waals surface area contributed by atoms with Gasteiger partial charge in [0.2, 0.25) is 0 Å². The molecule has 5 heteroatoms. The molecule has 0 aromatic heterocycles. The predicted octanol–water partition coefficient (Wildman–Crippen LogP) is 2.37. The minimum Gasteiger partial charge on any atom is -0.744 e. The van der Waals surface area contributed by atoms with E-state index < -0.39 is 10.1 Å². The number of unbranched alkanes of at least 4 members (excludes halogenated alkanes) is 5. The lowest BCUT2D eigenvalue weighted by Gasteiger charge is -2.10. The van der Waals surface area contributed by atoms with Gasteiger partial charge in [-0.05, 0) is 18.9 Å². The van der Waals surface area contributed by atoms with Crippen LogP contribution in [0.25, 0.3) is 0 Å². The van der Waals surface area contributed by atoms with Gasteiger partial charge in [-0.2, -0.15) is 0 Å². The summed E-state index contributed by atoms with van der Waals surface area (Å²) in [5.74, 6) is 0. The fourth-order valence-corrected chi connectivity index (χ4v) is 2.85. The molecule has 0 fully saturated rings. The Morgan fingerprint density at radius 2 is 1.74 bits per heavy atom. The van der Waals surface area contributed by atoms with Crippen molar-refractivity contribution in [2.45, 2.75) is 56.8 Å². The highest BCUT2D eigenvalue weighted by atomic mass is 32.2. The Labute approximate surface area is 115 Å². The van der Waals surface area contributed by atoms with Crippen molar-refractivity contribution in [3.8, 4) is 0 Å². The Hall–Kier alpha value is -0.910. The third-order valence-electron chi connectivity index (χ3n) is 3.30. The molecular weight excluding hydrogens is 262 g/mol. The SMILES string of the molecule is CCCCCCCCc1cccc(S(=O)(=O)[O-])c1[NH3+]. The number of quaternary nitrogens is 1. The van der Waals surface area contributed by atoms with E-state index in [1.807, 2.05) is 6.07 Å². The van der Waals surface area contributed by atoms with Crippen LogP contribution < -0.4 is 5.73 Å². The van der Waals surface area contributed by atoms with Gasteiger partial charge in [-0.25, -0.2) is 8.42 Å². The smallest absolute Gasteiger partial charge is 0.148 e. The van der Waals surface area contributed by atoms with Crippen LogP contribution in [-0.2, 0) is 16.5 Å². The van der Waals surface area contributed by atoms with E-state index in [4.69, 9.17) is 0 Å². The number of hydrogen-bond acceptors (Lipinski definition) is 3. The Balaban J connectivity index is 2.56. The first-order valence-corrected chi connectivity index (χ1v) is 8.27. The second-order valence-corrected chi connectivity index (χ2v) is 6.21. The van der Waals surface area contributed by atoms with Gasteiger partial charge in [0.05, 0.1) is 0 Å². The normalized spacial score (nSPS) is 11.7. The number of rotatable bonds is 8. The second kappa shape index (κ2) is 7.62. The lowest BCUT2D eigenvalue weighted by molar-refractivity contribution is -0.259. The zero-order chi connectivity index (χ0) is 14.3. The van der Waals surface area contributed by atoms with E-state index in [2.05, 4.69) is 12.7 Å². The van der Waals surface area contributed by atoms with Crippen molar-refractivity contribution in [1.82, 2.24) is 0 Å². The summed E-state index contributed by atoms with van der Waals surface area (Å²) in [5.41, 5.74) is 4.97. The van der Waals surface area contributed by atoms with Crippen LogP contribution in [0.3, 0.4) is 0 Å². The van der Waals surface area contributed by atoms with E-state index in [1.54, 1.807) is 6.07 Å². The van der Waals surface area contributed by atoms with Gasteiger partial charge in [0, 0.05) is 5.56 Å². The minimum atomic E-state index is -4.41. The van der Waals surface area contributed by atoms with Crippen LogP contribution in [0.4, 0.5) is 5.69 Å². The van der Waals surface area contributed by atoms with Crippen molar-refractivity contribution >= 4 is 15.8 Å². The van der Waals surface area contributed by atoms with Gasteiger partial charge in [-0.3, -0.25) is 0 Å². The minimum absolute atomic E-state index is 0.184. The van der Waals surface area contributed by atoms with Crippen LogP contribution in [0.1, 0.15) is 51.0 Å². The second-order valence-electron chi connectivity index (χ2n) is 4.87. The number of hydrogen-bond donors (Lipinski definition) is 1. The van der Waals surface area contributed by atoms with Gasteiger partial charge in [-0.1, -0.05) is 51.2 Å². The fourth-order valence-electron chi connectivity index (χ4n) is 2.18. The topological polar surface area (TPSA) is 84.8 Å². The van der Waals surface area contributed by atoms with Gasteiger partial charge < -0.3 is 10.3 Å². The van der Waals surface area contributed by atoms with Crippen molar-refractivity contribution in [1.29, 1.82) is 0 Å². The van der Waals surface area contributed by atoms with Crippen molar-refractivity contribution in [3.05, 3.63) is 23.8 Å². The quantitative estimate of drug-likeness (QED) is 0.587. The molecule has 0 aliphatic rings. The van der Waals surface area contributed by atoms with E-state index in [0.29, 0.717) is 5.69 Å². The Bertz CT molecular complexity index is 497. The first-order chi connectivity index (χ1) is 8.96. The molecule has 4 nitrogen and oxygen atoms in total. The lowest BCUT2D eigenvalue weighted by atomic mass is 10.0. The van der Waals surface area contributed by atoms with Crippen molar-refractivity contribution in [3.63, 3.8) is 0 Å². The lowest BCUT2D eigenvalue weighted by Crippen LogP contribution is -2.43. The van der Waals surface area contributed by atoms with E-state index in [9.17, 15) is 13.0 Å². The monoisotopic (exact) mass is 285 g/mol. The molecule has 0 radical (unpaired) electrons. The highest BCUT2D eigenvalue weighted by Gasteiger charge is 2.13. The van der Waals surface area contributed by atoms with E-state index in [-0.39, 0.29) is 4.90 Å². The van der Waals surface area contributed by atoms with Crippen LogP contribution in [0.2, 0.25) is 0 Å². The van der Waals surface area contributed by atoms with E-state index in [0.717, 1.165) is 24.8 Å². The summed E-state index contributed by atoms with van der Waals surface area (Å²) in [5, 5.41) is 0. The van der Waals surface area contributed by atoms with Gasteiger partial charge in [0.25, 0.3) is 0 Å². The average Bonchev–Trinajstić information content (AvgIpc) is 2.34. The van der Waals surface area contributed by atoms with Crippen LogP contribution >= 0.6 is 0 Å². The van der Waals surface area contributed by atoms with Crippen LogP contribution in [-0.4, -0.2) is 13.0 Å². The highest BCUT2D eigenvalue weighted by molar-refractivity contribution is 7.85. The summed E-state index contributed by atoms with van der Waals surface area (Å²) in [7, 11) is -4.41. The molecule has 0 atom stereocenters. The number of aryl methyl sites for hydroxylation is 1. The maximum Gasteiger partial charge on any atom is 0.148 e. The van der Waals surface area contributed by atoms with Crippen molar-refractivity contribution in [2.24, 2.45) is 0 Å². The molecule has 108 valence electrons. The first kappa shape index (κ1) is 16.1. The zero-order valence-electron chi connectivity index (χ0n) is 11.5. The highest BCUT2D eigenvalue weighted by Crippen LogP contribution is 2.22. The van der Waals surface area contributed by atoms with E-state index >= 15 is 0 Å². The van der Waals surface area contributed by atoms with Crippen LogP contribution in [0, 0.1) is 0 Å². The molecule has 0 aliphatic heterocycles. The van der Waals surface area contributed by atoms with Gasteiger partial charge in [-0.15, -0.1) is 0 Å². The zero-order valence-corrected chi connectivity index (χ0v) is 12.3. The standard InChI is InChI=1S/C14H23NO3S/c1-2-3-4-5-6-7-9-12-10-8-11-13(14(12)15)19(16,17)18/h8,10-11H,2-7,9,15H2,1H3,(H,16,17,18). The first-order valence-electron chi connectivity index (χ1n) is 6.86. The summed E-state index contributed by atoms with van der Waals surface area (Å²) in [6.07, 6.45) is 7.89. The molecule has 19 heavy (non-hydrogen) atoms. The Morgan fingerprint density at radius 3 is 2.37 bits per heavy atom. The molecule has 0 bridgehead atoms. The van der Waals surface area contributed by atoms with Crippen LogP contribution in [0.5, 0.6) is 0 Å². The maximum atomic E-state index is 11.1. The van der Waals surface area contributed by atoms with E-state index in [1.165, 1.54) is 31.7 Å². The fraction of sp³-hybridized carbons (Fsp3) is 0.571. The number of benzene rings is 1. The largest absolute Gasteiger partial charge is 0.744 e. The summed E-state index contributed by atoms with van der Waals surface area (Å²) in [6.45, 7) is 2.18. The Morgan fingerprint density at radius 1 is 1.11 bits per heavy atom. The molecule has 0 saturated heterocycles. The molecule has 0 aliphatic carbocycles. The molecule has 0 saturated carbocycles. The molecule has 1 aromatic rings. The van der Waals surface area contributed by atoms with Gasteiger partial charge in [0.15, 0.2) is 0 Å². The van der Waals surface area contributed by atoms with Crippen LogP contribution in [0.15, 0.2) is 23.1 Å². The summed E-state index contributed by atoms with van der Waals surface area (Å²) in [4.78, 5) is -0.184. The summed E-state index contributed by atoms with van der Waals surface area (Å²) < 4.78 is 33.2. The molecule has 1 aromatic carbocycles. The molecule has 0 heterocycles. The molecule has 0 unspecified atom stereocenters. The van der Waals surface area contributed by atoms with Gasteiger partial charge >= 0.3 is 0 Å². The predicted molar refractivity (Wildman–Crippen MR) is 74.0 cm³/mol. The molecule has 0 amide bonds. The molecule has 0 spiro atoms. The Kier molecular flexibility index (Phi) is 6.48. The molecule has 3 N–H and O–H groups in total. The summed E-state index contributed by atoms with van der Waals surface area (Å²) in [6, 6.07) is 4.80. The summed E-state index contributed by atoms with van der Waals surface area (Å²) >= 11 is 0. The average molecular weight is 285 g/mol. The van der Waals surface area contributed by atoms with Crippen molar-refractivity contribution < 1.29 is 18.7 Å². The van der Waals surface area contributed by atoms with Crippen molar-refractivity contribution in [2.75, 3.05) is 0 Å². The van der Waals surface area contributed by atoms with Gasteiger partial charge in [0.1, 0.15) is 20.7 Å². The third-order valence-corrected chi connectivity index (χ3v) is 4.22. The molecule has 1 rings (SSSR count). The third kappa shape index (κ3) is 5.30.